The zero-order valence-corrected chi connectivity index (χ0v) is 11.0. The highest BCUT2D eigenvalue weighted by molar-refractivity contribution is 5.69. The third-order valence-electron chi connectivity index (χ3n) is 6.14. The second kappa shape index (κ2) is 3.85. The van der Waals surface area contributed by atoms with Crippen LogP contribution in [0.5, 0.6) is 0 Å². The molecule has 0 N–H and O–H groups in total. The zero-order chi connectivity index (χ0) is 12.3. The number of carbonyl (C=O) groups is 1. The lowest BCUT2D eigenvalue weighted by Gasteiger charge is -2.36. The lowest BCUT2D eigenvalue weighted by molar-refractivity contribution is -0.145. The molecule has 4 aliphatic rings. The minimum Gasteiger partial charge on any atom is -0.466 e. The van der Waals surface area contributed by atoms with E-state index in [0.717, 1.165) is 35.5 Å². The number of allylic oxidation sites excluding steroid dienone is 2. The molecule has 0 aromatic rings. The molecule has 0 amide bonds. The Labute approximate surface area is 109 Å². The highest BCUT2D eigenvalue weighted by atomic mass is 16.5. The molecule has 0 heterocycles. The van der Waals surface area contributed by atoms with Gasteiger partial charge in [-0.3, -0.25) is 4.79 Å². The fourth-order valence-corrected chi connectivity index (χ4v) is 5.82. The maximum atomic E-state index is 11.7. The van der Waals surface area contributed by atoms with Crippen LogP contribution in [0.25, 0.3) is 0 Å². The van der Waals surface area contributed by atoms with Gasteiger partial charge in [-0.25, -0.2) is 0 Å². The van der Waals surface area contributed by atoms with E-state index < -0.39 is 0 Å². The summed E-state index contributed by atoms with van der Waals surface area (Å²) in [6.45, 7) is 2.43. The fraction of sp³-hybridized carbons (Fsp3) is 0.812. The first-order valence-electron chi connectivity index (χ1n) is 7.62. The zero-order valence-electron chi connectivity index (χ0n) is 11.0. The van der Waals surface area contributed by atoms with Crippen molar-refractivity contribution in [2.75, 3.05) is 6.61 Å². The Bertz CT molecular complexity index is 400. The number of esters is 1. The third-order valence-corrected chi connectivity index (χ3v) is 6.14. The molecule has 0 spiro atoms. The van der Waals surface area contributed by atoms with Gasteiger partial charge in [-0.1, -0.05) is 12.2 Å². The molecule has 0 aromatic heterocycles. The Kier molecular flexibility index (Phi) is 2.37. The predicted molar refractivity (Wildman–Crippen MR) is 68.7 cm³/mol. The molecule has 0 saturated heterocycles. The largest absolute Gasteiger partial charge is 0.466 e. The van der Waals surface area contributed by atoms with Gasteiger partial charge in [0.25, 0.3) is 0 Å². The minimum atomic E-state index is 0.0327. The molecule has 18 heavy (non-hydrogen) atoms. The van der Waals surface area contributed by atoms with Crippen molar-refractivity contribution >= 4 is 5.97 Å². The van der Waals surface area contributed by atoms with E-state index in [1.165, 1.54) is 19.3 Å². The Balaban J connectivity index is 1.49. The van der Waals surface area contributed by atoms with E-state index in [0.29, 0.717) is 18.9 Å². The van der Waals surface area contributed by atoms with Gasteiger partial charge in [-0.15, -0.1) is 0 Å². The molecule has 7 unspecified atom stereocenters. The molecule has 2 heteroatoms. The Morgan fingerprint density at radius 1 is 1.17 bits per heavy atom. The van der Waals surface area contributed by atoms with E-state index in [1.54, 1.807) is 0 Å². The Morgan fingerprint density at radius 3 is 2.72 bits per heavy atom. The molecule has 0 aliphatic heterocycles. The van der Waals surface area contributed by atoms with E-state index >= 15 is 0 Å². The summed E-state index contributed by atoms with van der Waals surface area (Å²) in [7, 11) is 0. The summed E-state index contributed by atoms with van der Waals surface area (Å²) >= 11 is 0. The van der Waals surface area contributed by atoms with Gasteiger partial charge in [0.1, 0.15) is 0 Å². The number of ether oxygens (including phenoxy) is 1. The van der Waals surface area contributed by atoms with E-state index in [2.05, 4.69) is 12.2 Å². The molecule has 4 aliphatic carbocycles. The van der Waals surface area contributed by atoms with E-state index in [-0.39, 0.29) is 5.97 Å². The first kappa shape index (κ1) is 11.1. The molecule has 3 saturated carbocycles. The van der Waals surface area contributed by atoms with Crippen LogP contribution in [0, 0.1) is 41.4 Å². The van der Waals surface area contributed by atoms with Crippen molar-refractivity contribution in [2.45, 2.75) is 32.6 Å². The molecule has 4 bridgehead atoms. The maximum Gasteiger partial charge on any atom is 0.306 e. The van der Waals surface area contributed by atoms with Crippen LogP contribution in [0.15, 0.2) is 12.2 Å². The molecule has 2 nitrogen and oxygen atoms in total. The van der Waals surface area contributed by atoms with Gasteiger partial charge in [0.2, 0.25) is 0 Å². The van der Waals surface area contributed by atoms with Gasteiger partial charge < -0.3 is 4.74 Å². The predicted octanol–water partition coefficient (Wildman–Crippen LogP) is 3.03. The lowest BCUT2D eigenvalue weighted by atomic mass is 9.69. The van der Waals surface area contributed by atoms with E-state index in [4.69, 9.17) is 4.74 Å². The van der Waals surface area contributed by atoms with Crippen LogP contribution in [0.1, 0.15) is 32.6 Å². The highest BCUT2D eigenvalue weighted by Crippen LogP contribution is 2.67. The molecule has 0 aromatic carbocycles. The van der Waals surface area contributed by atoms with Gasteiger partial charge >= 0.3 is 5.97 Å². The van der Waals surface area contributed by atoms with E-state index in [9.17, 15) is 4.79 Å². The maximum absolute atomic E-state index is 11.7. The van der Waals surface area contributed by atoms with Crippen LogP contribution >= 0.6 is 0 Å². The number of carbonyl (C=O) groups excluding carboxylic acids is 1. The van der Waals surface area contributed by atoms with Crippen LogP contribution in [-0.4, -0.2) is 12.6 Å². The van der Waals surface area contributed by atoms with Crippen molar-refractivity contribution in [1.82, 2.24) is 0 Å². The minimum absolute atomic E-state index is 0.0327. The van der Waals surface area contributed by atoms with Gasteiger partial charge in [0.15, 0.2) is 0 Å². The summed E-state index contributed by atoms with van der Waals surface area (Å²) in [4.78, 5) is 11.7. The van der Waals surface area contributed by atoms with E-state index in [1.807, 2.05) is 6.92 Å². The quantitative estimate of drug-likeness (QED) is 0.434. The Hall–Kier alpha value is -0.790. The third kappa shape index (κ3) is 1.38. The number of rotatable bonds is 3. The van der Waals surface area contributed by atoms with Crippen molar-refractivity contribution in [3.63, 3.8) is 0 Å². The SMILES string of the molecule is CCOC(=O)CC1CC2CC1C1C3C=CC(C3)C21. The molecule has 3 fully saturated rings. The van der Waals surface area contributed by atoms with Gasteiger partial charge in [-0.2, -0.15) is 0 Å². The monoisotopic (exact) mass is 246 g/mol. The van der Waals surface area contributed by atoms with Crippen molar-refractivity contribution in [2.24, 2.45) is 41.4 Å². The second-order valence-electron chi connectivity index (χ2n) is 6.77. The summed E-state index contributed by atoms with van der Waals surface area (Å²) in [6, 6.07) is 0. The van der Waals surface area contributed by atoms with Crippen LogP contribution in [0.4, 0.5) is 0 Å². The van der Waals surface area contributed by atoms with Crippen LogP contribution in [0.2, 0.25) is 0 Å². The lowest BCUT2D eigenvalue weighted by Crippen LogP contribution is -2.32. The van der Waals surface area contributed by atoms with Crippen LogP contribution in [0.3, 0.4) is 0 Å². The first-order valence-corrected chi connectivity index (χ1v) is 7.62. The van der Waals surface area contributed by atoms with Crippen LogP contribution < -0.4 is 0 Å². The van der Waals surface area contributed by atoms with Crippen molar-refractivity contribution in [1.29, 1.82) is 0 Å². The molecule has 98 valence electrons. The summed E-state index contributed by atoms with van der Waals surface area (Å²) in [5.74, 6) is 6.03. The number of fused-ring (bicyclic) bond motifs is 9. The van der Waals surface area contributed by atoms with Crippen molar-refractivity contribution < 1.29 is 9.53 Å². The average molecular weight is 246 g/mol. The molecule has 4 rings (SSSR count). The summed E-state index contributed by atoms with van der Waals surface area (Å²) < 4.78 is 5.13. The van der Waals surface area contributed by atoms with Gasteiger partial charge in [0.05, 0.1) is 6.61 Å². The smallest absolute Gasteiger partial charge is 0.306 e. The normalized spacial score (nSPS) is 50.8. The van der Waals surface area contributed by atoms with Crippen molar-refractivity contribution in [3.05, 3.63) is 12.2 Å². The Morgan fingerprint density at radius 2 is 1.94 bits per heavy atom. The highest BCUT2D eigenvalue weighted by Gasteiger charge is 2.60. The molecular weight excluding hydrogens is 224 g/mol. The molecular formula is C16H22O2. The molecule has 7 atom stereocenters. The molecule has 0 radical (unpaired) electrons. The number of hydrogen-bond acceptors (Lipinski definition) is 2. The van der Waals surface area contributed by atoms with Gasteiger partial charge in [-0.05, 0) is 67.6 Å². The summed E-state index contributed by atoms with van der Waals surface area (Å²) in [6.07, 6.45) is 9.73. The summed E-state index contributed by atoms with van der Waals surface area (Å²) in [5.41, 5.74) is 0. The second-order valence-corrected chi connectivity index (χ2v) is 6.77. The van der Waals surface area contributed by atoms with Gasteiger partial charge in [0, 0.05) is 6.42 Å². The number of hydrogen-bond donors (Lipinski definition) is 0. The standard InChI is InChI=1S/C16H22O2/c1-2-18-14(17)8-11-6-12-7-13(11)16-10-4-3-9(5-10)15(12)16/h3-4,9-13,15-16H,2,5-8H2,1H3. The fourth-order valence-electron chi connectivity index (χ4n) is 5.82. The topological polar surface area (TPSA) is 26.3 Å². The average Bonchev–Trinajstić information content (AvgIpc) is 3.07. The first-order chi connectivity index (χ1) is 8.78. The summed E-state index contributed by atoms with van der Waals surface area (Å²) in [5, 5.41) is 0. The van der Waals surface area contributed by atoms with Crippen LogP contribution in [-0.2, 0) is 9.53 Å². The van der Waals surface area contributed by atoms with Crippen molar-refractivity contribution in [3.8, 4) is 0 Å².